The van der Waals surface area contributed by atoms with Gasteiger partial charge in [-0.05, 0) is 25.7 Å². The molecule has 0 aromatic carbocycles. The van der Waals surface area contributed by atoms with Crippen LogP contribution in [0.25, 0.3) is 0 Å². The molecule has 1 heterocycles. The molecule has 1 saturated heterocycles. The van der Waals surface area contributed by atoms with Crippen molar-refractivity contribution in [1.29, 1.82) is 0 Å². The topological polar surface area (TPSA) is 18.5 Å². The smallest absolute Gasteiger partial charge is 0.157 e. The standard InChI is InChI=1S/C13H26O2/c1-2-3-4-5-6-8-11-14-13-10-7-9-12-15-13/h13H,2-12H2,1H3. The zero-order valence-electron chi connectivity index (χ0n) is 10.2. The van der Waals surface area contributed by atoms with Crippen molar-refractivity contribution >= 4 is 0 Å². The van der Waals surface area contributed by atoms with Crippen LogP contribution in [0.4, 0.5) is 0 Å². The molecule has 1 unspecified atom stereocenters. The predicted octanol–water partition coefficient (Wildman–Crippen LogP) is 3.89. The molecule has 2 nitrogen and oxygen atoms in total. The summed E-state index contributed by atoms with van der Waals surface area (Å²) in [6.45, 7) is 4.03. The molecule has 15 heavy (non-hydrogen) atoms. The van der Waals surface area contributed by atoms with E-state index in [2.05, 4.69) is 6.92 Å². The molecule has 0 bridgehead atoms. The Morgan fingerprint density at radius 2 is 1.87 bits per heavy atom. The number of hydrogen-bond donors (Lipinski definition) is 0. The summed E-state index contributed by atoms with van der Waals surface area (Å²) in [5, 5.41) is 0. The summed E-state index contributed by atoms with van der Waals surface area (Å²) < 4.78 is 11.2. The summed E-state index contributed by atoms with van der Waals surface area (Å²) in [4.78, 5) is 0. The molecule has 0 aliphatic carbocycles. The van der Waals surface area contributed by atoms with Gasteiger partial charge < -0.3 is 9.47 Å². The second-order valence-electron chi connectivity index (χ2n) is 4.43. The second kappa shape index (κ2) is 9.17. The maximum absolute atomic E-state index is 5.67. The van der Waals surface area contributed by atoms with Crippen LogP contribution in [0.15, 0.2) is 0 Å². The number of rotatable bonds is 8. The van der Waals surface area contributed by atoms with Crippen molar-refractivity contribution in [2.75, 3.05) is 13.2 Å². The zero-order valence-corrected chi connectivity index (χ0v) is 10.2. The van der Waals surface area contributed by atoms with E-state index in [0.29, 0.717) is 0 Å². The lowest BCUT2D eigenvalue weighted by atomic mass is 10.1. The zero-order chi connectivity index (χ0) is 10.8. The molecule has 1 aliphatic rings. The van der Waals surface area contributed by atoms with Crippen molar-refractivity contribution in [3.8, 4) is 0 Å². The fraction of sp³-hybridized carbons (Fsp3) is 1.00. The molecular weight excluding hydrogens is 188 g/mol. The normalized spacial score (nSPS) is 21.8. The third-order valence-corrected chi connectivity index (χ3v) is 2.94. The monoisotopic (exact) mass is 214 g/mol. The summed E-state index contributed by atoms with van der Waals surface area (Å²) in [5.74, 6) is 0. The maximum atomic E-state index is 5.67. The van der Waals surface area contributed by atoms with Gasteiger partial charge in [0, 0.05) is 13.2 Å². The minimum absolute atomic E-state index is 0.106. The summed E-state index contributed by atoms with van der Waals surface area (Å²) >= 11 is 0. The minimum atomic E-state index is 0.106. The molecule has 0 aromatic heterocycles. The van der Waals surface area contributed by atoms with Gasteiger partial charge in [0.2, 0.25) is 0 Å². The molecule has 0 radical (unpaired) electrons. The van der Waals surface area contributed by atoms with Crippen molar-refractivity contribution in [2.24, 2.45) is 0 Å². The van der Waals surface area contributed by atoms with Crippen LogP contribution in [0.3, 0.4) is 0 Å². The lowest BCUT2D eigenvalue weighted by molar-refractivity contribution is -0.162. The average Bonchev–Trinajstić information content (AvgIpc) is 2.29. The first-order valence-corrected chi connectivity index (χ1v) is 6.66. The Morgan fingerprint density at radius 1 is 1.07 bits per heavy atom. The van der Waals surface area contributed by atoms with Crippen molar-refractivity contribution in [3.05, 3.63) is 0 Å². The van der Waals surface area contributed by atoms with Crippen LogP contribution >= 0.6 is 0 Å². The first-order chi connectivity index (χ1) is 7.43. The Kier molecular flexibility index (Phi) is 7.94. The van der Waals surface area contributed by atoms with Gasteiger partial charge in [-0.1, -0.05) is 39.0 Å². The highest BCUT2D eigenvalue weighted by molar-refractivity contribution is 4.54. The van der Waals surface area contributed by atoms with Gasteiger partial charge in [0.15, 0.2) is 6.29 Å². The van der Waals surface area contributed by atoms with E-state index in [1.54, 1.807) is 0 Å². The van der Waals surface area contributed by atoms with E-state index in [4.69, 9.17) is 9.47 Å². The van der Waals surface area contributed by atoms with Gasteiger partial charge in [0.25, 0.3) is 0 Å². The van der Waals surface area contributed by atoms with Crippen LogP contribution < -0.4 is 0 Å². The Balaban J connectivity index is 1.79. The Labute approximate surface area is 94.3 Å². The molecule has 1 aliphatic heterocycles. The summed E-state index contributed by atoms with van der Waals surface area (Å²) in [5.41, 5.74) is 0. The van der Waals surface area contributed by atoms with E-state index in [1.807, 2.05) is 0 Å². The first-order valence-electron chi connectivity index (χ1n) is 6.66. The molecule has 1 atom stereocenters. The highest BCUT2D eigenvalue weighted by Crippen LogP contribution is 2.14. The molecule has 0 aromatic rings. The van der Waals surface area contributed by atoms with Gasteiger partial charge in [0.05, 0.1) is 0 Å². The van der Waals surface area contributed by atoms with E-state index in [-0.39, 0.29) is 6.29 Å². The van der Waals surface area contributed by atoms with Crippen LogP contribution in [0.2, 0.25) is 0 Å². The predicted molar refractivity (Wildman–Crippen MR) is 62.9 cm³/mol. The Morgan fingerprint density at radius 3 is 2.60 bits per heavy atom. The third kappa shape index (κ3) is 6.91. The van der Waals surface area contributed by atoms with Gasteiger partial charge in [-0.3, -0.25) is 0 Å². The molecule has 1 fully saturated rings. The Bertz CT molecular complexity index is 130. The molecule has 0 N–H and O–H groups in total. The van der Waals surface area contributed by atoms with Crippen LogP contribution in [0.1, 0.15) is 64.7 Å². The van der Waals surface area contributed by atoms with Gasteiger partial charge in [-0.25, -0.2) is 0 Å². The Hall–Kier alpha value is -0.0800. The quantitative estimate of drug-likeness (QED) is 0.571. The van der Waals surface area contributed by atoms with E-state index < -0.39 is 0 Å². The summed E-state index contributed by atoms with van der Waals surface area (Å²) in [6, 6.07) is 0. The average molecular weight is 214 g/mol. The van der Waals surface area contributed by atoms with Crippen LogP contribution in [-0.2, 0) is 9.47 Å². The summed E-state index contributed by atoms with van der Waals surface area (Å²) in [7, 11) is 0. The van der Waals surface area contributed by atoms with E-state index in [0.717, 1.165) is 19.6 Å². The van der Waals surface area contributed by atoms with Gasteiger partial charge >= 0.3 is 0 Å². The summed E-state index contributed by atoms with van der Waals surface area (Å²) in [6.07, 6.45) is 11.6. The van der Waals surface area contributed by atoms with E-state index >= 15 is 0 Å². The fourth-order valence-corrected chi connectivity index (χ4v) is 1.94. The van der Waals surface area contributed by atoms with Crippen LogP contribution in [-0.4, -0.2) is 19.5 Å². The molecule has 0 amide bonds. The van der Waals surface area contributed by atoms with Crippen molar-refractivity contribution < 1.29 is 9.47 Å². The van der Waals surface area contributed by atoms with Gasteiger partial charge in [0.1, 0.15) is 0 Å². The van der Waals surface area contributed by atoms with Crippen LogP contribution in [0.5, 0.6) is 0 Å². The van der Waals surface area contributed by atoms with Crippen molar-refractivity contribution in [2.45, 2.75) is 71.0 Å². The first kappa shape index (κ1) is 13.0. The molecular formula is C13H26O2. The second-order valence-corrected chi connectivity index (χ2v) is 4.43. The lowest BCUT2D eigenvalue weighted by Gasteiger charge is -2.22. The molecule has 90 valence electrons. The van der Waals surface area contributed by atoms with Gasteiger partial charge in [-0.2, -0.15) is 0 Å². The molecule has 0 spiro atoms. The van der Waals surface area contributed by atoms with Gasteiger partial charge in [-0.15, -0.1) is 0 Å². The SMILES string of the molecule is CCCCCCCCOC1CCCCO1. The van der Waals surface area contributed by atoms with Crippen LogP contribution in [0, 0.1) is 0 Å². The largest absolute Gasteiger partial charge is 0.353 e. The fourth-order valence-electron chi connectivity index (χ4n) is 1.94. The lowest BCUT2D eigenvalue weighted by Crippen LogP contribution is -2.22. The number of unbranched alkanes of at least 4 members (excludes halogenated alkanes) is 5. The highest BCUT2D eigenvalue weighted by atomic mass is 16.7. The molecule has 1 rings (SSSR count). The molecule has 2 heteroatoms. The highest BCUT2D eigenvalue weighted by Gasteiger charge is 2.12. The third-order valence-electron chi connectivity index (χ3n) is 2.94. The minimum Gasteiger partial charge on any atom is -0.353 e. The van der Waals surface area contributed by atoms with E-state index in [9.17, 15) is 0 Å². The number of hydrogen-bond acceptors (Lipinski definition) is 2. The number of ether oxygens (including phenoxy) is 2. The maximum Gasteiger partial charge on any atom is 0.157 e. The van der Waals surface area contributed by atoms with Crippen molar-refractivity contribution in [3.63, 3.8) is 0 Å². The van der Waals surface area contributed by atoms with E-state index in [1.165, 1.54) is 51.4 Å². The van der Waals surface area contributed by atoms with Crippen molar-refractivity contribution in [1.82, 2.24) is 0 Å². The molecule has 0 saturated carbocycles.